The maximum atomic E-state index is 5.48. The lowest BCUT2D eigenvalue weighted by molar-refractivity contribution is 0.579. The molecule has 3 rings (SSSR count). The predicted molar refractivity (Wildman–Crippen MR) is 103 cm³/mol. The molecule has 2 aromatic heterocycles. The Balaban J connectivity index is 1.85. The lowest BCUT2D eigenvalue weighted by Gasteiger charge is -2.02. The number of furan rings is 1. The zero-order chi connectivity index (χ0) is 17.5. The highest BCUT2D eigenvalue weighted by molar-refractivity contribution is 7.80. The van der Waals surface area contributed by atoms with Crippen LogP contribution in [0.5, 0.6) is 0 Å². The Labute approximate surface area is 150 Å². The van der Waals surface area contributed by atoms with E-state index >= 15 is 0 Å². The standard InChI is InChI=1S/C18H17N5OS/c1-2-10-19-18(25)21-20-12-14-13-23(15-7-4-3-5-8-15)22-17(14)16-9-6-11-24-16/h2-9,11-13H,1,10H2,(H2,19,21,25)/b20-12-. The molecule has 0 aliphatic carbocycles. The predicted octanol–water partition coefficient (Wildman–Crippen LogP) is 3.12. The number of aromatic nitrogens is 2. The summed E-state index contributed by atoms with van der Waals surface area (Å²) in [7, 11) is 0. The zero-order valence-corrected chi connectivity index (χ0v) is 14.2. The molecule has 1 aromatic carbocycles. The number of rotatable bonds is 6. The van der Waals surface area contributed by atoms with E-state index in [0.29, 0.717) is 23.1 Å². The first kappa shape index (κ1) is 16.7. The molecule has 2 N–H and O–H groups in total. The monoisotopic (exact) mass is 351 g/mol. The minimum Gasteiger partial charge on any atom is -0.463 e. The Hall–Kier alpha value is -3.19. The molecule has 0 amide bonds. The van der Waals surface area contributed by atoms with Crippen LogP contribution in [0.2, 0.25) is 0 Å². The SMILES string of the molecule is C=CCNC(=S)N/N=C\c1cn(-c2ccccc2)nc1-c1ccco1. The molecular formula is C18H17N5OS. The average molecular weight is 351 g/mol. The van der Waals surface area contributed by atoms with Crippen LogP contribution in [0.25, 0.3) is 17.1 Å². The van der Waals surface area contributed by atoms with Gasteiger partial charge in [-0.3, -0.25) is 5.43 Å². The normalized spacial score (nSPS) is 10.7. The van der Waals surface area contributed by atoms with Crippen molar-refractivity contribution in [3.63, 3.8) is 0 Å². The number of benzene rings is 1. The second-order valence-electron chi connectivity index (χ2n) is 5.06. The van der Waals surface area contributed by atoms with Gasteiger partial charge in [0.05, 0.1) is 18.2 Å². The van der Waals surface area contributed by atoms with Crippen molar-refractivity contribution in [3.05, 3.63) is 73.1 Å². The molecule has 2 heterocycles. The molecule has 0 atom stereocenters. The fourth-order valence-corrected chi connectivity index (χ4v) is 2.30. The molecule has 0 saturated heterocycles. The third kappa shape index (κ3) is 4.21. The summed E-state index contributed by atoms with van der Waals surface area (Å²) in [4.78, 5) is 0. The topological polar surface area (TPSA) is 67.4 Å². The number of hydrogen-bond donors (Lipinski definition) is 2. The number of hydrogen-bond acceptors (Lipinski definition) is 4. The van der Waals surface area contributed by atoms with E-state index in [1.54, 1.807) is 23.2 Å². The van der Waals surface area contributed by atoms with E-state index in [1.165, 1.54) is 0 Å². The third-order valence-electron chi connectivity index (χ3n) is 3.29. The third-order valence-corrected chi connectivity index (χ3v) is 3.53. The van der Waals surface area contributed by atoms with E-state index in [2.05, 4.69) is 27.5 Å². The number of nitrogens with zero attached hydrogens (tertiary/aromatic N) is 3. The highest BCUT2D eigenvalue weighted by Crippen LogP contribution is 2.22. The minimum absolute atomic E-state index is 0.422. The number of para-hydroxylation sites is 1. The Morgan fingerprint density at radius 1 is 1.28 bits per heavy atom. The summed E-state index contributed by atoms with van der Waals surface area (Å²) >= 11 is 5.11. The molecule has 0 aliphatic heterocycles. The smallest absolute Gasteiger partial charge is 0.187 e. The number of thiocarbonyl (C=S) groups is 1. The van der Waals surface area contributed by atoms with Crippen molar-refractivity contribution in [2.45, 2.75) is 0 Å². The van der Waals surface area contributed by atoms with Crippen LogP contribution in [0.15, 0.2) is 77.1 Å². The highest BCUT2D eigenvalue weighted by atomic mass is 32.1. The Morgan fingerprint density at radius 2 is 2.12 bits per heavy atom. The van der Waals surface area contributed by atoms with Gasteiger partial charge in [0.15, 0.2) is 10.9 Å². The second-order valence-corrected chi connectivity index (χ2v) is 5.47. The number of hydrazone groups is 1. The first-order valence-electron chi connectivity index (χ1n) is 7.64. The van der Waals surface area contributed by atoms with Crippen molar-refractivity contribution in [3.8, 4) is 17.1 Å². The van der Waals surface area contributed by atoms with Crippen LogP contribution >= 0.6 is 12.2 Å². The first-order chi connectivity index (χ1) is 12.3. The van der Waals surface area contributed by atoms with Gasteiger partial charge in [-0.25, -0.2) is 4.68 Å². The first-order valence-corrected chi connectivity index (χ1v) is 8.05. The van der Waals surface area contributed by atoms with Gasteiger partial charge in [-0.2, -0.15) is 10.2 Å². The average Bonchev–Trinajstić information content (AvgIpc) is 3.30. The van der Waals surface area contributed by atoms with Crippen molar-refractivity contribution >= 4 is 23.5 Å². The molecular weight excluding hydrogens is 334 g/mol. The van der Waals surface area contributed by atoms with Gasteiger partial charge in [0.2, 0.25) is 0 Å². The van der Waals surface area contributed by atoms with Gasteiger partial charge in [-0.15, -0.1) is 6.58 Å². The largest absolute Gasteiger partial charge is 0.463 e. The summed E-state index contributed by atoms with van der Waals surface area (Å²) in [5, 5.41) is 12.1. The van der Waals surface area contributed by atoms with E-state index in [-0.39, 0.29) is 0 Å². The number of nitrogens with one attached hydrogen (secondary N) is 2. The van der Waals surface area contributed by atoms with E-state index < -0.39 is 0 Å². The quantitative estimate of drug-likeness (QED) is 0.309. The van der Waals surface area contributed by atoms with Crippen LogP contribution in [0, 0.1) is 0 Å². The van der Waals surface area contributed by atoms with Gasteiger partial charge in [0.1, 0.15) is 5.69 Å². The van der Waals surface area contributed by atoms with Crippen LogP contribution in [-0.4, -0.2) is 27.7 Å². The Bertz CT molecular complexity index is 868. The zero-order valence-electron chi connectivity index (χ0n) is 13.4. The van der Waals surface area contributed by atoms with Crippen molar-refractivity contribution in [1.82, 2.24) is 20.5 Å². The summed E-state index contributed by atoms with van der Waals surface area (Å²) in [5.74, 6) is 0.670. The molecule has 0 saturated carbocycles. The van der Waals surface area contributed by atoms with Crippen molar-refractivity contribution in [2.75, 3.05) is 6.54 Å². The molecule has 3 aromatic rings. The summed E-state index contributed by atoms with van der Waals surface area (Å²) in [6.07, 6.45) is 6.88. The lowest BCUT2D eigenvalue weighted by Crippen LogP contribution is -2.31. The minimum atomic E-state index is 0.422. The molecule has 0 spiro atoms. The molecule has 0 aliphatic rings. The van der Waals surface area contributed by atoms with Crippen LogP contribution in [-0.2, 0) is 0 Å². The van der Waals surface area contributed by atoms with Crippen molar-refractivity contribution in [1.29, 1.82) is 0 Å². The molecule has 6 nitrogen and oxygen atoms in total. The summed E-state index contributed by atoms with van der Waals surface area (Å²) in [6.45, 7) is 4.20. The highest BCUT2D eigenvalue weighted by Gasteiger charge is 2.13. The van der Waals surface area contributed by atoms with Crippen LogP contribution in [0.1, 0.15) is 5.56 Å². The van der Waals surface area contributed by atoms with Gasteiger partial charge >= 0.3 is 0 Å². The van der Waals surface area contributed by atoms with Crippen LogP contribution < -0.4 is 10.7 Å². The van der Waals surface area contributed by atoms with Crippen molar-refractivity contribution < 1.29 is 4.42 Å². The van der Waals surface area contributed by atoms with E-state index in [9.17, 15) is 0 Å². The molecule has 0 radical (unpaired) electrons. The van der Waals surface area contributed by atoms with Crippen LogP contribution in [0.4, 0.5) is 0 Å². The second kappa shape index (κ2) is 8.07. The van der Waals surface area contributed by atoms with E-state index in [4.69, 9.17) is 16.6 Å². The lowest BCUT2D eigenvalue weighted by atomic mass is 10.2. The van der Waals surface area contributed by atoms with Crippen molar-refractivity contribution in [2.24, 2.45) is 5.10 Å². The van der Waals surface area contributed by atoms with Gasteiger partial charge in [0, 0.05) is 18.3 Å². The Kier molecular flexibility index (Phi) is 5.38. The molecule has 0 unspecified atom stereocenters. The molecule has 126 valence electrons. The van der Waals surface area contributed by atoms with Gasteiger partial charge in [-0.05, 0) is 36.5 Å². The fourth-order valence-electron chi connectivity index (χ4n) is 2.16. The molecule has 25 heavy (non-hydrogen) atoms. The van der Waals surface area contributed by atoms with E-state index in [0.717, 1.165) is 11.3 Å². The molecule has 7 heteroatoms. The molecule has 0 fully saturated rings. The molecule has 0 bridgehead atoms. The van der Waals surface area contributed by atoms with Gasteiger partial charge in [-0.1, -0.05) is 24.3 Å². The summed E-state index contributed by atoms with van der Waals surface area (Å²) in [5.41, 5.74) is 5.21. The summed E-state index contributed by atoms with van der Waals surface area (Å²) < 4.78 is 7.27. The summed E-state index contributed by atoms with van der Waals surface area (Å²) in [6, 6.07) is 13.5. The van der Waals surface area contributed by atoms with Gasteiger partial charge < -0.3 is 9.73 Å². The maximum absolute atomic E-state index is 5.48. The maximum Gasteiger partial charge on any atom is 0.187 e. The fraction of sp³-hybridized carbons (Fsp3) is 0.0556. The Morgan fingerprint density at radius 3 is 2.84 bits per heavy atom. The van der Waals surface area contributed by atoms with E-state index in [1.807, 2.05) is 48.7 Å². The van der Waals surface area contributed by atoms with Crippen LogP contribution in [0.3, 0.4) is 0 Å². The van der Waals surface area contributed by atoms with Gasteiger partial charge in [0.25, 0.3) is 0 Å².